The van der Waals surface area contributed by atoms with Crippen molar-refractivity contribution in [2.45, 2.75) is 97.2 Å². The first kappa shape index (κ1) is 39.3. The molecule has 1 unspecified atom stereocenters. The minimum atomic E-state index is -0.947. The van der Waals surface area contributed by atoms with Crippen molar-refractivity contribution in [1.29, 1.82) is 0 Å². The Morgan fingerprint density at radius 1 is 1.06 bits per heavy atom. The quantitative estimate of drug-likeness (QED) is 0.114. The molecular formula is C36H51N5O7S. The second-order valence-electron chi connectivity index (χ2n) is 13.0. The normalized spacial score (nSPS) is 14.9. The number of unbranched alkanes of at least 4 members (excludes halogenated alkanes) is 1. The van der Waals surface area contributed by atoms with Crippen molar-refractivity contribution in [2.75, 3.05) is 20.6 Å². The van der Waals surface area contributed by atoms with Gasteiger partial charge in [-0.1, -0.05) is 42.8 Å². The Balaban J connectivity index is 1.76. The number of aliphatic carboxylic acids is 1. The van der Waals surface area contributed by atoms with E-state index < -0.39 is 42.0 Å². The summed E-state index contributed by atoms with van der Waals surface area (Å²) in [5.74, 6) is -2.94. The molecule has 4 N–H and O–H groups in total. The largest absolute Gasteiger partial charge is 0.481 e. The Bertz CT molecular complexity index is 1470. The summed E-state index contributed by atoms with van der Waals surface area (Å²) in [6.07, 6.45) is 3.57. The first-order valence-corrected chi connectivity index (χ1v) is 17.8. The topological polar surface area (TPSA) is 167 Å². The van der Waals surface area contributed by atoms with Gasteiger partial charge in [-0.05, 0) is 77.4 Å². The second kappa shape index (κ2) is 19.2. The third kappa shape index (κ3) is 12.7. The highest BCUT2D eigenvalue weighted by Gasteiger charge is 2.40. The number of amides is 3. The molecule has 1 fully saturated rings. The molecule has 0 aliphatic heterocycles. The number of nitrogens with one attached hydrogen (secondary N) is 3. The fourth-order valence-electron chi connectivity index (χ4n) is 5.64. The molecule has 0 spiro atoms. The predicted octanol–water partition coefficient (Wildman–Crippen LogP) is 4.63. The van der Waals surface area contributed by atoms with Crippen LogP contribution in [0.15, 0.2) is 47.0 Å². The van der Waals surface area contributed by atoms with Crippen molar-refractivity contribution in [1.82, 2.24) is 25.8 Å². The Morgan fingerprint density at radius 2 is 1.76 bits per heavy atom. The Labute approximate surface area is 293 Å². The van der Waals surface area contributed by atoms with Gasteiger partial charge < -0.3 is 30.7 Å². The number of rotatable bonds is 20. The lowest BCUT2D eigenvalue weighted by Gasteiger charge is -2.29. The summed E-state index contributed by atoms with van der Waals surface area (Å²) in [4.78, 5) is 69.8. The van der Waals surface area contributed by atoms with Crippen molar-refractivity contribution in [3.63, 3.8) is 0 Å². The molecule has 3 amide bonds. The SMILES string of the molecule is CNCCCCC(=O)N[C@H](C(=O)N(C)C(CC(OC(C)=O)c1nc(C(=O)N[C@@H](Cc2ccccc2)C[C@H](C)C(=O)O)cs1)=C(C)C)C1CC1. The number of likely N-dealkylation sites (N-methyl/N-ethyl adjacent to an activating group) is 1. The lowest BCUT2D eigenvalue weighted by molar-refractivity contribution is -0.147. The summed E-state index contributed by atoms with van der Waals surface area (Å²) in [5, 5.41) is 20.4. The van der Waals surface area contributed by atoms with Gasteiger partial charge in [0.1, 0.15) is 16.7 Å². The smallest absolute Gasteiger partial charge is 0.306 e. The van der Waals surface area contributed by atoms with Crippen molar-refractivity contribution in [3.8, 4) is 0 Å². The number of hydrogen-bond donors (Lipinski definition) is 4. The van der Waals surface area contributed by atoms with E-state index in [9.17, 15) is 29.1 Å². The van der Waals surface area contributed by atoms with E-state index >= 15 is 0 Å². The van der Waals surface area contributed by atoms with Crippen LogP contribution in [-0.4, -0.2) is 77.4 Å². The van der Waals surface area contributed by atoms with Gasteiger partial charge in [-0.3, -0.25) is 24.0 Å². The molecule has 1 heterocycles. The Morgan fingerprint density at radius 3 is 2.35 bits per heavy atom. The van der Waals surface area contributed by atoms with E-state index in [0.717, 1.165) is 54.7 Å². The van der Waals surface area contributed by atoms with Gasteiger partial charge in [0.05, 0.1) is 5.92 Å². The van der Waals surface area contributed by atoms with Crippen LogP contribution >= 0.6 is 11.3 Å². The van der Waals surface area contributed by atoms with Crippen LogP contribution in [0, 0.1) is 11.8 Å². The van der Waals surface area contributed by atoms with Crippen LogP contribution in [0.2, 0.25) is 0 Å². The third-order valence-electron chi connectivity index (χ3n) is 8.51. The van der Waals surface area contributed by atoms with Crippen molar-refractivity contribution < 1.29 is 33.8 Å². The van der Waals surface area contributed by atoms with Crippen molar-refractivity contribution in [3.05, 3.63) is 63.2 Å². The van der Waals surface area contributed by atoms with Gasteiger partial charge in [-0.25, -0.2) is 4.98 Å². The number of carbonyl (C=O) groups is 5. The summed E-state index contributed by atoms with van der Waals surface area (Å²) >= 11 is 1.16. The number of allylic oxidation sites excluding steroid dienone is 1. The van der Waals surface area contributed by atoms with Crippen LogP contribution in [0.5, 0.6) is 0 Å². The van der Waals surface area contributed by atoms with E-state index in [4.69, 9.17) is 4.74 Å². The van der Waals surface area contributed by atoms with Crippen LogP contribution in [0.1, 0.15) is 99.8 Å². The van der Waals surface area contributed by atoms with E-state index in [1.807, 2.05) is 51.2 Å². The molecule has 1 aliphatic rings. The molecule has 13 heteroatoms. The monoisotopic (exact) mass is 697 g/mol. The zero-order chi connectivity index (χ0) is 36.1. The van der Waals surface area contributed by atoms with Gasteiger partial charge in [-0.15, -0.1) is 11.3 Å². The summed E-state index contributed by atoms with van der Waals surface area (Å²) < 4.78 is 5.69. The molecule has 2 aromatic rings. The van der Waals surface area contributed by atoms with Crippen LogP contribution in [0.25, 0.3) is 0 Å². The summed E-state index contributed by atoms with van der Waals surface area (Å²) in [6.45, 7) is 7.44. The highest BCUT2D eigenvalue weighted by molar-refractivity contribution is 7.09. The van der Waals surface area contributed by atoms with Gasteiger partial charge in [0.15, 0.2) is 6.10 Å². The maximum absolute atomic E-state index is 13.8. The molecule has 3 rings (SSSR count). The van der Waals surface area contributed by atoms with E-state index in [1.165, 1.54) is 11.8 Å². The van der Waals surface area contributed by atoms with E-state index in [1.54, 1.807) is 19.4 Å². The van der Waals surface area contributed by atoms with Crippen molar-refractivity contribution in [2.24, 2.45) is 11.8 Å². The number of esters is 1. The number of carbonyl (C=O) groups excluding carboxylic acids is 4. The van der Waals surface area contributed by atoms with E-state index in [2.05, 4.69) is 20.9 Å². The zero-order valence-electron chi connectivity index (χ0n) is 29.4. The fourth-order valence-corrected chi connectivity index (χ4v) is 6.46. The first-order valence-electron chi connectivity index (χ1n) is 16.9. The molecular weight excluding hydrogens is 646 g/mol. The van der Waals surface area contributed by atoms with Gasteiger partial charge >= 0.3 is 11.9 Å². The highest BCUT2D eigenvalue weighted by Crippen LogP contribution is 2.36. The lowest BCUT2D eigenvalue weighted by atomic mass is 9.96. The van der Waals surface area contributed by atoms with Crippen LogP contribution in [0.4, 0.5) is 0 Å². The second-order valence-corrected chi connectivity index (χ2v) is 13.9. The highest BCUT2D eigenvalue weighted by atomic mass is 32.1. The number of benzene rings is 1. The summed E-state index contributed by atoms with van der Waals surface area (Å²) in [5.41, 5.74) is 2.52. The average Bonchev–Trinajstić information content (AvgIpc) is 3.77. The molecule has 1 saturated carbocycles. The van der Waals surface area contributed by atoms with Crippen molar-refractivity contribution >= 4 is 41.0 Å². The minimum Gasteiger partial charge on any atom is -0.481 e. The standard InChI is InChI=1S/C36H51N5O7S/c1-22(2)29(41(6)35(45)32(26-15-16-26)40-31(43)14-10-11-17-37-5)20-30(48-24(4)42)34-39-28(21-49-34)33(44)38-27(18-23(3)36(46)47)19-25-12-8-7-9-13-25/h7-9,12-13,21,23,26-27,30,32,37H,10-11,14-20H2,1-6H3,(H,38,44)(H,40,43)(H,46,47)/t23-,27+,30?,32-/m0/s1. The molecule has 0 saturated heterocycles. The lowest BCUT2D eigenvalue weighted by Crippen LogP contribution is -2.48. The average molecular weight is 698 g/mol. The number of nitrogens with zero attached hydrogens (tertiary/aromatic N) is 2. The van der Waals surface area contributed by atoms with Crippen LogP contribution in [0.3, 0.4) is 0 Å². The maximum atomic E-state index is 13.8. The van der Waals surface area contributed by atoms with Gasteiger partial charge in [0.25, 0.3) is 5.91 Å². The zero-order valence-corrected chi connectivity index (χ0v) is 30.2. The molecule has 1 aromatic heterocycles. The number of thiazole rings is 1. The molecule has 12 nitrogen and oxygen atoms in total. The third-order valence-corrected chi connectivity index (χ3v) is 9.44. The van der Waals surface area contributed by atoms with Gasteiger partial charge in [0, 0.05) is 43.9 Å². The number of hydrogen-bond acceptors (Lipinski definition) is 9. The Hall–Kier alpha value is -4.10. The summed E-state index contributed by atoms with van der Waals surface area (Å²) in [6, 6.07) is 8.40. The van der Waals surface area contributed by atoms with Crippen LogP contribution in [-0.2, 0) is 30.3 Å². The fraction of sp³-hybridized carbons (Fsp3) is 0.556. The molecule has 0 radical (unpaired) electrons. The molecule has 4 atom stereocenters. The predicted molar refractivity (Wildman–Crippen MR) is 188 cm³/mol. The van der Waals surface area contributed by atoms with E-state index in [-0.39, 0.29) is 36.3 Å². The maximum Gasteiger partial charge on any atom is 0.306 e. The molecule has 49 heavy (non-hydrogen) atoms. The number of aromatic nitrogens is 1. The van der Waals surface area contributed by atoms with Gasteiger partial charge in [0.2, 0.25) is 11.8 Å². The first-order chi connectivity index (χ1) is 23.3. The molecule has 1 aromatic carbocycles. The number of carboxylic acids is 1. The summed E-state index contributed by atoms with van der Waals surface area (Å²) in [7, 11) is 3.53. The minimum absolute atomic E-state index is 0.0723. The van der Waals surface area contributed by atoms with Crippen LogP contribution < -0.4 is 16.0 Å². The number of ether oxygens (including phenoxy) is 1. The molecule has 268 valence electrons. The van der Waals surface area contributed by atoms with Gasteiger partial charge in [-0.2, -0.15) is 0 Å². The Kier molecular flexibility index (Phi) is 15.4. The molecule has 0 bridgehead atoms. The number of carboxylic acid groups (broad SMARTS) is 1. The van der Waals surface area contributed by atoms with E-state index in [0.29, 0.717) is 23.5 Å². The molecule has 1 aliphatic carbocycles.